The molecule has 20 heavy (non-hydrogen) atoms. The summed E-state index contributed by atoms with van der Waals surface area (Å²) < 4.78 is 31.1. The number of benzene rings is 1. The summed E-state index contributed by atoms with van der Waals surface area (Å²) in [5, 5.41) is 0. The minimum absolute atomic E-state index is 0.0504. The molecule has 2 N–H and O–H groups in total. The topological polar surface area (TPSA) is 72.6 Å². The average molecular weight is 298 g/mol. The van der Waals surface area contributed by atoms with Crippen LogP contribution in [0.3, 0.4) is 0 Å². The maximum absolute atomic E-state index is 12.1. The summed E-state index contributed by atoms with van der Waals surface area (Å²) in [6, 6.07) is 6.86. The molecule has 1 aromatic rings. The predicted molar refractivity (Wildman–Crippen MR) is 82.2 cm³/mol. The van der Waals surface area contributed by atoms with Crippen molar-refractivity contribution in [3.05, 3.63) is 36.9 Å². The van der Waals surface area contributed by atoms with Gasteiger partial charge in [-0.05, 0) is 30.7 Å². The van der Waals surface area contributed by atoms with Gasteiger partial charge in [-0.15, -0.1) is 6.58 Å². The highest BCUT2D eigenvalue weighted by atomic mass is 32.2. The third kappa shape index (κ3) is 5.22. The summed E-state index contributed by atoms with van der Waals surface area (Å²) in [7, 11) is -3.31. The zero-order valence-corrected chi connectivity index (χ0v) is 12.6. The van der Waals surface area contributed by atoms with E-state index >= 15 is 0 Å². The molecular weight excluding hydrogens is 276 g/mol. The molecule has 0 heterocycles. The van der Waals surface area contributed by atoms with E-state index in [1.165, 1.54) is 4.31 Å². The maximum atomic E-state index is 12.1. The molecule has 0 fully saturated rings. The van der Waals surface area contributed by atoms with Crippen LogP contribution in [0.15, 0.2) is 36.9 Å². The van der Waals surface area contributed by atoms with Crippen LogP contribution in [0.2, 0.25) is 0 Å². The van der Waals surface area contributed by atoms with Gasteiger partial charge in [-0.3, -0.25) is 0 Å². The molecule has 0 aliphatic rings. The van der Waals surface area contributed by atoms with Crippen molar-refractivity contribution < 1.29 is 13.2 Å². The van der Waals surface area contributed by atoms with E-state index in [2.05, 4.69) is 6.58 Å². The van der Waals surface area contributed by atoms with Gasteiger partial charge in [-0.1, -0.05) is 13.0 Å². The molecule has 0 aromatic heterocycles. The molecule has 0 saturated heterocycles. The van der Waals surface area contributed by atoms with Crippen LogP contribution in [0.25, 0.3) is 0 Å². The van der Waals surface area contributed by atoms with E-state index < -0.39 is 10.0 Å². The average Bonchev–Trinajstić information content (AvgIpc) is 2.41. The van der Waals surface area contributed by atoms with Crippen LogP contribution in [-0.4, -0.2) is 38.2 Å². The number of nitrogens with two attached hydrogens (primary N) is 1. The first kappa shape index (κ1) is 16.5. The molecule has 5 nitrogen and oxygen atoms in total. The van der Waals surface area contributed by atoms with Gasteiger partial charge < -0.3 is 10.5 Å². The van der Waals surface area contributed by atoms with Crippen LogP contribution >= 0.6 is 0 Å². The first-order valence-electron chi connectivity index (χ1n) is 6.56. The Bertz CT molecular complexity index is 512. The fourth-order valence-corrected chi connectivity index (χ4v) is 3.04. The minimum atomic E-state index is -3.31. The van der Waals surface area contributed by atoms with Crippen molar-refractivity contribution in [1.29, 1.82) is 0 Å². The smallest absolute Gasteiger partial charge is 0.217 e. The molecule has 0 amide bonds. The second-order valence-corrected chi connectivity index (χ2v) is 6.47. The van der Waals surface area contributed by atoms with E-state index in [-0.39, 0.29) is 12.4 Å². The van der Waals surface area contributed by atoms with Crippen molar-refractivity contribution in [2.75, 3.05) is 31.2 Å². The maximum Gasteiger partial charge on any atom is 0.217 e. The summed E-state index contributed by atoms with van der Waals surface area (Å²) in [6.45, 7) is 6.47. The van der Waals surface area contributed by atoms with Crippen molar-refractivity contribution >= 4 is 15.7 Å². The molecule has 0 aliphatic carbocycles. The fraction of sp³-hybridized carbons (Fsp3) is 0.429. The Morgan fingerprint density at radius 3 is 2.55 bits per heavy atom. The zero-order chi connectivity index (χ0) is 15.0. The Morgan fingerprint density at radius 1 is 1.35 bits per heavy atom. The number of hydrogen-bond donors (Lipinski definition) is 1. The molecule has 6 heteroatoms. The summed E-state index contributed by atoms with van der Waals surface area (Å²) in [5.74, 6) is 0.561. The second kappa shape index (κ2) is 7.91. The van der Waals surface area contributed by atoms with Gasteiger partial charge in [0.1, 0.15) is 12.4 Å². The van der Waals surface area contributed by atoms with Gasteiger partial charge in [0.25, 0.3) is 0 Å². The second-order valence-electron chi connectivity index (χ2n) is 4.38. The molecule has 0 aliphatic heterocycles. The lowest BCUT2D eigenvalue weighted by Crippen LogP contribution is -2.35. The molecule has 0 atom stereocenters. The molecule has 112 valence electrons. The lowest BCUT2D eigenvalue weighted by atomic mass is 10.3. The van der Waals surface area contributed by atoms with Crippen LogP contribution in [0.4, 0.5) is 5.69 Å². The van der Waals surface area contributed by atoms with Crippen LogP contribution in [0.1, 0.15) is 13.3 Å². The number of nitrogen functional groups attached to an aromatic ring is 1. The zero-order valence-electron chi connectivity index (χ0n) is 11.8. The van der Waals surface area contributed by atoms with Gasteiger partial charge in [-0.25, -0.2) is 8.42 Å². The van der Waals surface area contributed by atoms with Crippen molar-refractivity contribution in [1.82, 2.24) is 4.31 Å². The van der Waals surface area contributed by atoms with E-state index in [0.717, 1.165) is 6.42 Å². The number of sulfonamides is 1. The van der Waals surface area contributed by atoms with Crippen LogP contribution in [-0.2, 0) is 10.0 Å². The molecular formula is C14H22N2O3S. The summed E-state index contributed by atoms with van der Waals surface area (Å²) >= 11 is 0. The summed E-state index contributed by atoms with van der Waals surface area (Å²) in [5.41, 5.74) is 6.21. The fourth-order valence-electron chi connectivity index (χ4n) is 1.70. The molecule has 0 unspecified atom stereocenters. The number of hydrogen-bond acceptors (Lipinski definition) is 4. The predicted octanol–water partition coefficient (Wildman–Crippen LogP) is 1.88. The number of ether oxygens (including phenoxy) is 1. The van der Waals surface area contributed by atoms with Gasteiger partial charge in [0, 0.05) is 18.8 Å². The Balaban J connectivity index is 2.53. The van der Waals surface area contributed by atoms with Crippen molar-refractivity contribution in [2.45, 2.75) is 13.3 Å². The van der Waals surface area contributed by atoms with Crippen molar-refractivity contribution in [3.8, 4) is 5.75 Å². The summed E-state index contributed by atoms with van der Waals surface area (Å²) in [4.78, 5) is 0. The SMILES string of the molecule is C=CCN(CCC)S(=O)(=O)CCOc1ccc(N)cc1. The highest BCUT2D eigenvalue weighted by Gasteiger charge is 2.19. The highest BCUT2D eigenvalue weighted by Crippen LogP contribution is 2.13. The first-order valence-corrected chi connectivity index (χ1v) is 8.17. The van der Waals surface area contributed by atoms with Gasteiger partial charge in [0.05, 0.1) is 5.75 Å². The van der Waals surface area contributed by atoms with Gasteiger partial charge >= 0.3 is 0 Å². The lowest BCUT2D eigenvalue weighted by Gasteiger charge is -2.20. The molecule has 0 spiro atoms. The number of rotatable bonds is 9. The summed E-state index contributed by atoms with van der Waals surface area (Å²) in [6.07, 6.45) is 2.36. The van der Waals surface area contributed by atoms with Gasteiger partial charge in [0.2, 0.25) is 10.0 Å². The van der Waals surface area contributed by atoms with Gasteiger partial charge in [0.15, 0.2) is 0 Å². The van der Waals surface area contributed by atoms with E-state index in [4.69, 9.17) is 10.5 Å². The lowest BCUT2D eigenvalue weighted by molar-refractivity contribution is 0.335. The van der Waals surface area contributed by atoms with Crippen LogP contribution in [0.5, 0.6) is 5.75 Å². The van der Waals surface area contributed by atoms with E-state index in [0.29, 0.717) is 24.5 Å². The third-order valence-corrected chi connectivity index (χ3v) is 4.49. The van der Waals surface area contributed by atoms with Crippen LogP contribution < -0.4 is 10.5 Å². The highest BCUT2D eigenvalue weighted by molar-refractivity contribution is 7.89. The Labute approximate surface area is 121 Å². The molecule has 1 rings (SSSR count). The normalized spacial score (nSPS) is 11.5. The van der Waals surface area contributed by atoms with E-state index in [1.807, 2.05) is 6.92 Å². The monoisotopic (exact) mass is 298 g/mol. The Hall–Kier alpha value is -1.53. The molecule has 0 bridgehead atoms. The molecule has 1 aromatic carbocycles. The number of anilines is 1. The molecule has 0 saturated carbocycles. The van der Waals surface area contributed by atoms with E-state index in [1.54, 1.807) is 30.3 Å². The Kier molecular flexibility index (Phi) is 6.54. The van der Waals surface area contributed by atoms with Gasteiger partial charge in [-0.2, -0.15) is 4.31 Å². The quantitative estimate of drug-likeness (QED) is 0.558. The molecule has 0 radical (unpaired) electrons. The first-order chi connectivity index (χ1) is 9.49. The minimum Gasteiger partial charge on any atom is -0.492 e. The van der Waals surface area contributed by atoms with E-state index in [9.17, 15) is 8.42 Å². The van der Waals surface area contributed by atoms with Crippen LogP contribution in [0, 0.1) is 0 Å². The number of nitrogens with zero attached hydrogens (tertiary/aromatic N) is 1. The van der Waals surface area contributed by atoms with Crippen molar-refractivity contribution in [2.24, 2.45) is 0 Å². The van der Waals surface area contributed by atoms with Crippen molar-refractivity contribution in [3.63, 3.8) is 0 Å². The third-order valence-electron chi connectivity index (χ3n) is 2.69. The Morgan fingerprint density at radius 2 is 2.00 bits per heavy atom. The largest absolute Gasteiger partial charge is 0.492 e. The standard InChI is InChI=1S/C14H22N2O3S/c1-3-9-16(10-4-2)20(17,18)12-11-19-14-7-5-13(15)6-8-14/h3,5-8H,1,4,9-12,15H2,2H3.